The fourth-order valence-corrected chi connectivity index (χ4v) is 2.55. The molecule has 2 aliphatic rings. The van der Waals surface area contributed by atoms with Gasteiger partial charge in [0.25, 0.3) is 0 Å². The lowest BCUT2D eigenvalue weighted by Gasteiger charge is -2.24. The van der Waals surface area contributed by atoms with Crippen molar-refractivity contribution in [2.45, 2.75) is 31.8 Å². The number of aliphatic hydroxyl groups is 1. The van der Waals surface area contributed by atoms with Crippen molar-refractivity contribution in [2.24, 2.45) is 11.8 Å². The van der Waals surface area contributed by atoms with Gasteiger partial charge in [-0.2, -0.15) is 0 Å². The molecule has 1 aliphatic heterocycles. The molecule has 1 heterocycles. The van der Waals surface area contributed by atoms with Crippen LogP contribution in [0.25, 0.3) is 0 Å². The summed E-state index contributed by atoms with van der Waals surface area (Å²) < 4.78 is 5.37. The van der Waals surface area contributed by atoms with Gasteiger partial charge < -0.3 is 9.84 Å². The number of rotatable bonds is 0. The van der Waals surface area contributed by atoms with E-state index in [9.17, 15) is 5.11 Å². The Morgan fingerprint density at radius 1 is 1.36 bits per heavy atom. The molecule has 0 aromatic heterocycles. The lowest BCUT2D eigenvalue weighted by molar-refractivity contribution is 0.0281. The maximum atomic E-state index is 9.77. The van der Waals surface area contributed by atoms with Gasteiger partial charge in [0.05, 0.1) is 5.60 Å². The van der Waals surface area contributed by atoms with Gasteiger partial charge in [-0.3, -0.25) is 0 Å². The van der Waals surface area contributed by atoms with Crippen LogP contribution in [-0.2, 0) is 4.74 Å². The highest BCUT2D eigenvalue weighted by atomic mass is 16.5. The average molecular weight is 156 g/mol. The Morgan fingerprint density at radius 2 is 2.09 bits per heavy atom. The highest BCUT2D eigenvalue weighted by Crippen LogP contribution is 2.42. The zero-order valence-corrected chi connectivity index (χ0v) is 7.05. The first-order valence-corrected chi connectivity index (χ1v) is 4.47. The second-order valence-corrected chi connectivity index (χ2v) is 4.29. The molecule has 2 heteroatoms. The van der Waals surface area contributed by atoms with Crippen molar-refractivity contribution in [1.29, 1.82) is 0 Å². The number of ether oxygens (including phenoxy) is 1. The first-order chi connectivity index (χ1) is 5.17. The molecule has 1 N–H and O–H groups in total. The standard InChI is InChI=1S/C9H16O2/c1-9(10)4-7-2-3-11-6-8(7)5-9/h7-8,10H,2-6H2,1H3/t7-,8-,9?/m0/s1. The van der Waals surface area contributed by atoms with Gasteiger partial charge >= 0.3 is 0 Å². The van der Waals surface area contributed by atoms with Crippen LogP contribution < -0.4 is 0 Å². The highest BCUT2D eigenvalue weighted by Gasteiger charge is 2.41. The van der Waals surface area contributed by atoms with E-state index in [2.05, 4.69) is 0 Å². The second-order valence-electron chi connectivity index (χ2n) is 4.29. The molecule has 11 heavy (non-hydrogen) atoms. The maximum Gasteiger partial charge on any atom is 0.0626 e. The number of fused-ring (bicyclic) bond motifs is 1. The Morgan fingerprint density at radius 3 is 2.82 bits per heavy atom. The molecule has 0 spiro atoms. The summed E-state index contributed by atoms with van der Waals surface area (Å²) in [6.07, 6.45) is 3.08. The first-order valence-electron chi connectivity index (χ1n) is 4.47. The Bertz CT molecular complexity index is 138. The summed E-state index contributed by atoms with van der Waals surface area (Å²) in [6, 6.07) is 0. The Balaban J connectivity index is 2.03. The minimum absolute atomic E-state index is 0.400. The van der Waals surface area contributed by atoms with E-state index >= 15 is 0 Å². The summed E-state index contributed by atoms with van der Waals surface area (Å²) >= 11 is 0. The van der Waals surface area contributed by atoms with Crippen molar-refractivity contribution in [1.82, 2.24) is 0 Å². The van der Waals surface area contributed by atoms with Gasteiger partial charge in [-0.1, -0.05) is 0 Å². The molecule has 2 fully saturated rings. The van der Waals surface area contributed by atoms with Crippen molar-refractivity contribution in [2.75, 3.05) is 13.2 Å². The van der Waals surface area contributed by atoms with Crippen LogP contribution in [0.4, 0.5) is 0 Å². The third-order valence-corrected chi connectivity index (χ3v) is 3.04. The summed E-state index contributed by atoms with van der Waals surface area (Å²) in [6.45, 7) is 3.73. The van der Waals surface area contributed by atoms with Crippen LogP contribution in [0.15, 0.2) is 0 Å². The van der Waals surface area contributed by atoms with Crippen molar-refractivity contribution < 1.29 is 9.84 Å². The molecule has 0 aromatic rings. The minimum Gasteiger partial charge on any atom is -0.390 e. The normalized spacial score (nSPS) is 50.7. The number of hydrogen-bond donors (Lipinski definition) is 1. The Labute approximate surface area is 67.6 Å². The first kappa shape index (κ1) is 7.56. The molecule has 1 aliphatic carbocycles. The van der Waals surface area contributed by atoms with E-state index in [1.54, 1.807) is 0 Å². The smallest absolute Gasteiger partial charge is 0.0626 e. The van der Waals surface area contributed by atoms with E-state index in [4.69, 9.17) is 4.74 Å². The molecule has 64 valence electrons. The van der Waals surface area contributed by atoms with E-state index in [1.165, 1.54) is 0 Å². The van der Waals surface area contributed by atoms with Gasteiger partial charge in [-0.05, 0) is 38.0 Å². The molecular formula is C9H16O2. The molecule has 1 unspecified atom stereocenters. The molecule has 2 rings (SSSR count). The molecule has 1 saturated heterocycles. The number of hydrogen-bond acceptors (Lipinski definition) is 2. The fraction of sp³-hybridized carbons (Fsp3) is 1.00. The van der Waals surface area contributed by atoms with Gasteiger partial charge in [0.1, 0.15) is 0 Å². The van der Waals surface area contributed by atoms with E-state index in [-0.39, 0.29) is 0 Å². The van der Waals surface area contributed by atoms with Crippen LogP contribution in [0.2, 0.25) is 0 Å². The highest BCUT2D eigenvalue weighted by molar-refractivity contribution is 4.92. The lowest BCUT2D eigenvalue weighted by atomic mass is 9.92. The topological polar surface area (TPSA) is 29.5 Å². The van der Waals surface area contributed by atoms with Crippen LogP contribution in [0.5, 0.6) is 0 Å². The van der Waals surface area contributed by atoms with Crippen LogP contribution in [0.3, 0.4) is 0 Å². The molecule has 1 saturated carbocycles. The largest absolute Gasteiger partial charge is 0.390 e. The SMILES string of the molecule is CC1(O)C[C@H]2COCC[C@H]2C1. The van der Waals surface area contributed by atoms with Crippen molar-refractivity contribution in [3.05, 3.63) is 0 Å². The molecule has 2 nitrogen and oxygen atoms in total. The van der Waals surface area contributed by atoms with E-state index in [0.29, 0.717) is 5.92 Å². The molecule has 0 bridgehead atoms. The van der Waals surface area contributed by atoms with E-state index < -0.39 is 5.60 Å². The summed E-state index contributed by atoms with van der Waals surface area (Å²) in [7, 11) is 0. The van der Waals surface area contributed by atoms with E-state index in [1.807, 2.05) is 6.92 Å². The molecule has 0 amide bonds. The predicted molar refractivity (Wildman–Crippen MR) is 42.3 cm³/mol. The quantitative estimate of drug-likeness (QED) is 0.570. The minimum atomic E-state index is -0.400. The zero-order valence-electron chi connectivity index (χ0n) is 7.05. The maximum absolute atomic E-state index is 9.77. The van der Waals surface area contributed by atoms with Gasteiger partial charge in [0.15, 0.2) is 0 Å². The van der Waals surface area contributed by atoms with Crippen LogP contribution in [0, 0.1) is 11.8 Å². The lowest BCUT2D eigenvalue weighted by Crippen LogP contribution is -2.22. The van der Waals surface area contributed by atoms with Crippen LogP contribution in [0.1, 0.15) is 26.2 Å². The van der Waals surface area contributed by atoms with Gasteiger partial charge in [-0.15, -0.1) is 0 Å². The summed E-state index contributed by atoms with van der Waals surface area (Å²) in [4.78, 5) is 0. The fourth-order valence-electron chi connectivity index (χ4n) is 2.55. The molecule has 0 radical (unpaired) electrons. The third kappa shape index (κ3) is 1.42. The van der Waals surface area contributed by atoms with E-state index in [0.717, 1.165) is 38.4 Å². The summed E-state index contributed by atoms with van der Waals surface area (Å²) in [5.74, 6) is 1.37. The second kappa shape index (κ2) is 2.46. The van der Waals surface area contributed by atoms with Crippen molar-refractivity contribution in [3.8, 4) is 0 Å². The third-order valence-electron chi connectivity index (χ3n) is 3.04. The Hall–Kier alpha value is -0.0800. The Kier molecular flexibility index (Phi) is 1.69. The molecule has 3 atom stereocenters. The zero-order chi connectivity index (χ0) is 7.90. The van der Waals surface area contributed by atoms with Crippen LogP contribution >= 0.6 is 0 Å². The molecule has 0 aromatic carbocycles. The van der Waals surface area contributed by atoms with Gasteiger partial charge in [0.2, 0.25) is 0 Å². The van der Waals surface area contributed by atoms with Gasteiger partial charge in [0, 0.05) is 13.2 Å². The average Bonchev–Trinajstić information content (AvgIpc) is 2.21. The summed E-state index contributed by atoms with van der Waals surface area (Å²) in [5, 5.41) is 9.77. The summed E-state index contributed by atoms with van der Waals surface area (Å²) in [5.41, 5.74) is -0.400. The predicted octanol–water partition coefficient (Wildman–Crippen LogP) is 1.18. The van der Waals surface area contributed by atoms with Crippen LogP contribution in [-0.4, -0.2) is 23.9 Å². The van der Waals surface area contributed by atoms with Crippen molar-refractivity contribution in [3.63, 3.8) is 0 Å². The molecular weight excluding hydrogens is 140 g/mol. The van der Waals surface area contributed by atoms with Crippen molar-refractivity contribution >= 4 is 0 Å². The van der Waals surface area contributed by atoms with Gasteiger partial charge in [-0.25, -0.2) is 0 Å². The monoisotopic (exact) mass is 156 g/mol.